The van der Waals surface area contributed by atoms with E-state index in [0.29, 0.717) is 11.6 Å². The SMILES string of the molecule is CC(C)(C)n1nc(C(=O)N2CCN(S(=O)(=O)c3ccc(F)c(Cl)c3)CC2)cc1C1CC1. The van der Waals surface area contributed by atoms with E-state index in [0.717, 1.165) is 30.7 Å². The molecule has 0 bridgehead atoms. The van der Waals surface area contributed by atoms with Crippen molar-refractivity contribution >= 4 is 27.5 Å². The number of carbonyl (C=O) groups is 1. The molecule has 2 fully saturated rings. The van der Waals surface area contributed by atoms with Gasteiger partial charge in [0.05, 0.1) is 15.5 Å². The molecule has 0 N–H and O–H groups in total. The summed E-state index contributed by atoms with van der Waals surface area (Å²) in [4.78, 5) is 14.6. The molecule has 168 valence electrons. The molecule has 0 unspecified atom stereocenters. The molecule has 2 heterocycles. The molecule has 1 aliphatic carbocycles. The molecule has 0 spiro atoms. The Morgan fingerprint density at radius 1 is 1.13 bits per heavy atom. The van der Waals surface area contributed by atoms with Crippen LogP contribution in [-0.2, 0) is 15.6 Å². The number of nitrogens with zero attached hydrogens (tertiary/aromatic N) is 4. The average molecular weight is 469 g/mol. The van der Waals surface area contributed by atoms with Crippen molar-refractivity contribution < 1.29 is 17.6 Å². The first-order valence-electron chi connectivity index (χ1n) is 10.3. The lowest BCUT2D eigenvalue weighted by molar-refractivity contribution is 0.0690. The van der Waals surface area contributed by atoms with Crippen LogP contribution in [-0.4, -0.2) is 59.5 Å². The van der Waals surface area contributed by atoms with Crippen LogP contribution in [0.1, 0.15) is 55.7 Å². The highest BCUT2D eigenvalue weighted by Gasteiger charge is 2.35. The number of benzene rings is 1. The Morgan fingerprint density at radius 3 is 2.32 bits per heavy atom. The van der Waals surface area contributed by atoms with E-state index in [-0.39, 0.29) is 47.5 Å². The third-order valence-corrected chi connectivity index (χ3v) is 7.83. The van der Waals surface area contributed by atoms with Crippen LogP contribution in [0, 0.1) is 5.82 Å². The average Bonchev–Trinajstić information content (AvgIpc) is 3.46. The first-order chi connectivity index (χ1) is 14.5. The fourth-order valence-corrected chi connectivity index (χ4v) is 5.48. The van der Waals surface area contributed by atoms with Crippen molar-refractivity contribution in [2.75, 3.05) is 26.2 Å². The first kappa shape index (κ1) is 22.2. The minimum Gasteiger partial charge on any atom is -0.335 e. The van der Waals surface area contributed by atoms with Gasteiger partial charge in [0.25, 0.3) is 5.91 Å². The fraction of sp³-hybridized carbons (Fsp3) is 0.524. The second-order valence-corrected chi connectivity index (χ2v) is 11.4. The second kappa shape index (κ2) is 7.86. The fourth-order valence-electron chi connectivity index (χ4n) is 3.79. The van der Waals surface area contributed by atoms with Crippen LogP contribution < -0.4 is 0 Å². The van der Waals surface area contributed by atoms with E-state index in [1.807, 2.05) is 10.7 Å². The monoisotopic (exact) mass is 468 g/mol. The molecule has 1 aromatic heterocycles. The number of sulfonamides is 1. The summed E-state index contributed by atoms with van der Waals surface area (Å²) in [5.74, 6) is -0.402. The number of hydrogen-bond acceptors (Lipinski definition) is 4. The van der Waals surface area contributed by atoms with E-state index >= 15 is 0 Å². The highest BCUT2D eigenvalue weighted by atomic mass is 35.5. The number of piperazine rings is 1. The third kappa shape index (κ3) is 4.36. The van der Waals surface area contributed by atoms with Gasteiger partial charge in [-0.05, 0) is 57.9 Å². The lowest BCUT2D eigenvalue weighted by atomic mass is 10.1. The molecule has 10 heteroatoms. The van der Waals surface area contributed by atoms with E-state index in [1.54, 1.807) is 4.90 Å². The number of carbonyl (C=O) groups excluding carboxylic acids is 1. The van der Waals surface area contributed by atoms with E-state index in [2.05, 4.69) is 25.9 Å². The van der Waals surface area contributed by atoms with Crippen LogP contribution in [0.4, 0.5) is 4.39 Å². The van der Waals surface area contributed by atoms with Gasteiger partial charge in [-0.1, -0.05) is 11.6 Å². The van der Waals surface area contributed by atoms with Gasteiger partial charge in [-0.2, -0.15) is 9.40 Å². The quantitative estimate of drug-likeness (QED) is 0.688. The summed E-state index contributed by atoms with van der Waals surface area (Å²) in [6.07, 6.45) is 2.22. The Morgan fingerprint density at radius 2 is 1.77 bits per heavy atom. The van der Waals surface area contributed by atoms with Crippen molar-refractivity contribution in [3.63, 3.8) is 0 Å². The highest BCUT2D eigenvalue weighted by molar-refractivity contribution is 7.89. The number of amides is 1. The summed E-state index contributed by atoms with van der Waals surface area (Å²) in [7, 11) is -3.82. The van der Waals surface area contributed by atoms with Gasteiger partial charge in [-0.15, -0.1) is 0 Å². The molecule has 1 aliphatic heterocycles. The van der Waals surface area contributed by atoms with Gasteiger partial charge >= 0.3 is 0 Å². The van der Waals surface area contributed by atoms with Crippen molar-refractivity contribution in [3.8, 4) is 0 Å². The Bertz CT molecular complexity index is 1110. The van der Waals surface area contributed by atoms with Gasteiger partial charge in [0.15, 0.2) is 5.69 Å². The van der Waals surface area contributed by atoms with E-state index in [1.165, 1.54) is 10.4 Å². The van der Waals surface area contributed by atoms with Gasteiger partial charge in [0.1, 0.15) is 5.82 Å². The molecule has 1 saturated carbocycles. The molecule has 2 aliphatic rings. The molecular weight excluding hydrogens is 443 g/mol. The minimum atomic E-state index is -3.82. The van der Waals surface area contributed by atoms with Crippen LogP contribution in [0.15, 0.2) is 29.2 Å². The van der Waals surface area contributed by atoms with Crippen LogP contribution in [0.3, 0.4) is 0 Å². The highest BCUT2D eigenvalue weighted by Crippen LogP contribution is 2.41. The Hall–Kier alpha value is -1.97. The molecule has 7 nitrogen and oxygen atoms in total. The smallest absolute Gasteiger partial charge is 0.274 e. The van der Waals surface area contributed by atoms with Crippen LogP contribution in [0.25, 0.3) is 0 Å². The summed E-state index contributed by atoms with van der Waals surface area (Å²) in [6.45, 7) is 7.00. The number of halogens is 2. The number of hydrogen-bond donors (Lipinski definition) is 0. The van der Waals surface area contributed by atoms with Crippen LogP contribution >= 0.6 is 11.6 Å². The van der Waals surface area contributed by atoms with Gasteiger partial charge in [0, 0.05) is 37.8 Å². The third-order valence-electron chi connectivity index (χ3n) is 5.64. The van der Waals surface area contributed by atoms with Gasteiger partial charge in [0.2, 0.25) is 10.0 Å². The van der Waals surface area contributed by atoms with Gasteiger partial charge in [-0.25, -0.2) is 12.8 Å². The lowest BCUT2D eigenvalue weighted by Gasteiger charge is -2.33. The van der Waals surface area contributed by atoms with Crippen LogP contribution in [0.2, 0.25) is 5.02 Å². The van der Waals surface area contributed by atoms with Gasteiger partial charge < -0.3 is 4.90 Å². The van der Waals surface area contributed by atoms with E-state index in [9.17, 15) is 17.6 Å². The Labute approximate surface area is 186 Å². The topological polar surface area (TPSA) is 75.5 Å². The molecule has 0 radical (unpaired) electrons. The normalized spacial score (nSPS) is 18.4. The Kier molecular flexibility index (Phi) is 5.64. The summed E-state index contributed by atoms with van der Waals surface area (Å²) in [6, 6.07) is 5.24. The zero-order valence-corrected chi connectivity index (χ0v) is 19.4. The molecule has 1 saturated heterocycles. The summed E-state index contributed by atoms with van der Waals surface area (Å²) >= 11 is 5.74. The molecular formula is C21H26ClFN4O3S. The lowest BCUT2D eigenvalue weighted by Crippen LogP contribution is -2.50. The maximum Gasteiger partial charge on any atom is 0.274 e. The minimum absolute atomic E-state index is 0.0586. The predicted molar refractivity (Wildman–Crippen MR) is 115 cm³/mol. The summed E-state index contributed by atoms with van der Waals surface area (Å²) < 4.78 is 42.4. The first-order valence-corrected chi connectivity index (χ1v) is 12.2. The van der Waals surface area contributed by atoms with Crippen LogP contribution in [0.5, 0.6) is 0 Å². The maximum atomic E-state index is 13.4. The predicted octanol–water partition coefficient (Wildman–Crippen LogP) is 3.45. The summed E-state index contributed by atoms with van der Waals surface area (Å²) in [5, 5.41) is 4.35. The molecule has 2 aromatic rings. The van der Waals surface area contributed by atoms with Crippen molar-refractivity contribution in [2.24, 2.45) is 0 Å². The van der Waals surface area contributed by atoms with Crippen molar-refractivity contribution in [3.05, 3.63) is 46.5 Å². The zero-order valence-electron chi connectivity index (χ0n) is 17.8. The summed E-state index contributed by atoms with van der Waals surface area (Å²) in [5.41, 5.74) is 1.27. The van der Waals surface area contributed by atoms with E-state index < -0.39 is 15.8 Å². The van der Waals surface area contributed by atoms with Crippen molar-refractivity contribution in [1.29, 1.82) is 0 Å². The maximum absolute atomic E-state index is 13.4. The molecule has 0 atom stereocenters. The zero-order chi connectivity index (χ0) is 22.6. The molecule has 31 heavy (non-hydrogen) atoms. The Balaban J connectivity index is 1.47. The standard InChI is InChI=1S/C21H26ClFN4O3S/c1-21(2,3)27-19(14-4-5-14)13-18(24-27)20(28)25-8-10-26(11-9-25)31(29,30)15-6-7-17(23)16(22)12-15/h6-7,12-14H,4-5,8-11H2,1-3H3. The van der Waals surface area contributed by atoms with E-state index in [4.69, 9.17) is 11.6 Å². The second-order valence-electron chi connectivity index (χ2n) is 9.08. The number of rotatable bonds is 4. The molecule has 1 amide bonds. The number of aromatic nitrogens is 2. The van der Waals surface area contributed by atoms with Gasteiger partial charge in [-0.3, -0.25) is 9.48 Å². The molecule has 4 rings (SSSR count). The van der Waals surface area contributed by atoms with Crippen molar-refractivity contribution in [2.45, 2.75) is 50.0 Å². The largest absolute Gasteiger partial charge is 0.335 e. The molecule has 1 aromatic carbocycles. The van der Waals surface area contributed by atoms with Crippen molar-refractivity contribution in [1.82, 2.24) is 19.0 Å².